The second-order valence-corrected chi connectivity index (χ2v) is 9.46. The molecule has 0 bridgehead atoms. The number of nitrogens with zero attached hydrogens (tertiary/aromatic N) is 1. The third-order valence-corrected chi connectivity index (χ3v) is 6.92. The number of hydrogen-bond acceptors (Lipinski definition) is 4. The molecule has 3 rings (SSSR count). The molecule has 6 heteroatoms. The minimum absolute atomic E-state index is 0.0949. The number of morpholine rings is 1. The Labute approximate surface area is 145 Å². The van der Waals surface area contributed by atoms with Gasteiger partial charge < -0.3 is 10.1 Å². The largest absolute Gasteiger partial charge is 0.371 e. The minimum Gasteiger partial charge on any atom is -0.371 e. The summed E-state index contributed by atoms with van der Waals surface area (Å²) in [7, 11) is -3.51. The van der Waals surface area contributed by atoms with E-state index in [-0.39, 0.29) is 11.6 Å². The molecule has 2 aliphatic rings. The number of benzene rings is 1. The maximum Gasteiger partial charge on any atom is 0.243 e. The van der Waals surface area contributed by atoms with Gasteiger partial charge in [0, 0.05) is 19.1 Å². The quantitative estimate of drug-likeness (QED) is 0.902. The Hall–Kier alpha value is -0.950. The average Bonchev–Trinajstić information content (AvgIpc) is 2.97. The Balaban J connectivity index is 1.93. The van der Waals surface area contributed by atoms with Crippen LogP contribution in [0.5, 0.6) is 0 Å². The fourth-order valence-corrected chi connectivity index (χ4v) is 5.35. The van der Waals surface area contributed by atoms with Gasteiger partial charge in [0.05, 0.1) is 17.1 Å². The third-order valence-electron chi connectivity index (χ3n) is 5.01. The maximum absolute atomic E-state index is 13.3. The smallest absolute Gasteiger partial charge is 0.243 e. The zero-order chi connectivity index (χ0) is 17.4. The highest BCUT2D eigenvalue weighted by atomic mass is 32.2. The van der Waals surface area contributed by atoms with Crippen LogP contribution in [0.1, 0.15) is 32.3 Å². The summed E-state index contributed by atoms with van der Waals surface area (Å²) in [4.78, 5) is 0.380. The third kappa shape index (κ3) is 3.52. The average molecular weight is 353 g/mol. The van der Waals surface area contributed by atoms with Crippen LogP contribution in [-0.4, -0.2) is 50.6 Å². The Morgan fingerprint density at radius 2 is 2.04 bits per heavy atom. The summed E-state index contributed by atoms with van der Waals surface area (Å²) in [6, 6.07) is 7.05. The first-order chi connectivity index (χ1) is 11.3. The summed E-state index contributed by atoms with van der Waals surface area (Å²) < 4.78 is 34.4. The first-order valence-electron chi connectivity index (χ1n) is 8.76. The summed E-state index contributed by atoms with van der Waals surface area (Å²) in [5.41, 5.74) is 0.691. The van der Waals surface area contributed by atoms with Crippen LogP contribution in [0.4, 0.5) is 0 Å². The van der Waals surface area contributed by atoms with Gasteiger partial charge in [-0.15, -0.1) is 0 Å². The number of nitrogens with one attached hydrogen (secondary N) is 1. The Morgan fingerprint density at radius 1 is 1.33 bits per heavy atom. The minimum atomic E-state index is -3.51. The lowest BCUT2D eigenvalue weighted by Crippen LogP contribution is -2.59. The number of hydrogen-bond donors (Lipinski definition) is 1. The van der Waals surface area contributed by atoms with Gasteiger partial charge in [-0.05, 0) is 44.4 Å². The van der Waals surface area contributed by atoms with Gasteiger partial charge in [0.1, 0.15) is 0 Å². The van der Waals surface area contributed by atoms with E-state index in [4.69, 9.17) is 4.74 Å². The highest BCUT2D eigenvalue weighted by molar-refractivity contribution is 7.89. The van der Waals surface area contributed by atoms with E-state index in [1.807, 2.05) is 19.1 Å². The number of sulfonamides is 1. The molecular formula is C18H28N2O3S. The molecule has 2 heterocycles. The van der Waals surface area contributed by atoms with E-state index in [2.05, 4.69) is 19.2 Å². The van der Waals surface area contributed by atoms with Gasteiger partial charge in [0.25, 0.3) is 0 Å². The first kappa shape index (κ1) is 17.9. The van der Waals surface area contributed by atoms with E-state index in [0.29, 0.717) is 24.0 Å². The molecule has 1 aromatic rings. The molecule has 0 aromatic heterocycles. The van der Waals surface area contributed by atoms with Gasteiger partial charge >= 0.3 is 0 Å². The molecule has 2 aliphatic heterocycles. The van der Waals surface area contributed by atoms with Crippen LogP contribution in [0.15, 0.2) is 29.2 Å². The van der Waals surface area contributed by atoms with Crippen LogP contribution in [0.25, 0.3) is 0 Å². The normalized spacial score (nSPS) is 28.8. The molecule has 2 fully saturated rings. The van der Waals surface area contributed by atoms with Crippen LogP contribution in [0, 0.1) is 12.8 Å². The molecule has 0 saturated carbocycles. The fraction of sp³-hybridized carbons (Fsp3) is 0.667. The van der Waals surface area contributed by atoms with E-state index in [1.54, 1.807) is 16.4 Å². The Bertz CT molecular complexity index is 664. The summed E-state index contributed by atoms with van der Waals surface area (Å²) in [5, 5.41) is 3.31. The van der Waals surface area contributed by atoms with Crippen molar-refractivity contribution in [1.29, 1.82) is 0 Å². The topological polar surface area (TPSA) is 58.6 Å². The second-order valence-electron chi connectivity index (χ2n) is 7.57. The van der Waals surface area contributed by atoms with Gasteiger partial charge in [-0.1, -0.05) is 31.5 Å². The van der Waals surface area contributed by atoms with Crippen molar-refractivity contribution in [2.45, 2.75) is 50.2 Å². The molecule has 2 atom stereocenters. The van der Waals surface area contributed by atoms with Crippen LogP contribution in [0.2, 0.25) is 0 Å². The molecule has 1 spiro atoms. The molecule has 5 nitrogen and oxygen atoms in total. The highest BCUT2D eigenvalue weighted by Gasteiger charge is 2.47. The van der Waals surface area contributed by atoms with Crippen molar-refractivity contribution in [3.63, 3.8) is 0 Å². The molecular weight excluding hydrogens is 324 g/mol. The lowest BCUT2D eigenvalue weighted by Gasteiger charge is -2.44. The molecule has 0 radical (unpaired) electrons. The first-order valence-corrected chi connectivity index (χ1v) is 10.2. The predicted octanol–water partition coefficient (Wildman–Crippen LogP) is 2.16. The van der Waals surface area contributed by atoms with E-state index in [1.165, 1.54) is 0 Å². The van der Waals surface area contributed by atoms with Crippen LogP contribution < -0.4 is 5.32 Å². The van der Waals surface area contributed by atoms with Gasteiger partial charge in [0.2, 0.25) is 10.0 Å². The molecule has 0 amide bonds. The van der Waals surface area contributed by atoms with Crippen molar-refractivity contribution in [1.82, 2.24) is 9.62 Å². The summed E-state index contributed by atoms with van der Waals surface area (Å²) >= 11 is 0. The van der Waals surface area contributed by atoms with Crippen molar-refractivity contribution in [3.8, 4) is 0 Å². The standard InChI is InChI=1S/C18H28N2O3S/c1-14(2)10-16-11-23-18(8-9-19-12-18)13-20(16)24(21,22)17-6-4-15(3)5-7-17/h4-7,14,16,19H,8-13H2,1-3H3/t16-,18-/m0/s1. The van der Waals surface area contributed by atoms with E-state index < -0.39 is 10.0 Å². The lowest BCUT2D eigenvalue weighted by molar-refractivity contribution is -0.102. The van der Waals surface area contributed by atoms with Crippen LogP contribution >= 0.6 is 0 Å². The van der Waals surface area contributed by atoms with Crippen molar-refractivity contribution in [2.75, 3.05) is 26.2 Å². The fourth-order valence-electron chi connectivity index (χ4n) is 3.65. The van der Waals surface area contributed by atoms with Gasteiger partial charge in [-0.2, -0.15) is 4.31 Å². The summed E-state index contributed by atoms with van der Waals surface area (Å²) in [6.07, 6.45) is 1.68. The Kier molecular flexibility index (Phi) is 5.02. The molecule has 2 saturated heterocycles. The zero-order valence-corrected chi connectivity index (χ0v) is 15.6. The molecule has 0 aliphatic carbocycles. The number of rotatable bonds is 4. The van der Waals surface area contributed by atoms with Crippen LogP contribution in [0.3, 0.4) is 0 Å². The lowest BCUT2D eigenvalue weighted by atomic mass is 9.97. The molecule has 1 aromatic carbocycles. The van der Waals surface area contributed by atoms with Gasteiger partial charge in [-0.3, -0.25) is 0 Å². The SMILES string of the molecule is Cc1ccc(S(=O)(=O)N2C[C@@]3(CCNC3)OC[C@@H]2CC(C)C)cc1. The van der Waals surface area contributed by atoms with Crippen LogP contribution in [-0.2, 0) is 14.8 Å². The number of aryl methyl sites for hydroxylation is 1. The molecule has 0 unspecified atom stereocenters. The Morgan fingerprint density at radius 3 is 2.62 bits per heavy atom. The van der Waals surface area contributed by atoms with Crippen molar-refractivity contribution >= 4 is 10.0 Å². The van der Waals surface area contributed by atoms with Gasteiger partial charge in [-0.25, -0.2) is 8.42 Å². The van der Waals surface area contributed by atoms with Crippen molar-refractivity contribution in [2.24, 2.45) is 5.92 Å². The predicted molar refractivity (Wildman–Crippen MR) is 94.5 cm³/mol. The number of ether oxygens (including phenoxy) is 1. The monoisotopic (exact) mass is 352 g/mol. The summed E-state index contributed by atoms with van der Waals surface area (Å²) in [5.74, 6) is 0.421. The van der Waals surface area contributed by atoms with E-state index in [9.17, 15) is 8.42 Å². The molecule has 1 N–H and O–H groups in total. The second kappa shape index (κ2) is 6.75. The maximum atomic E-state index is 13.3. The van der Waals surface area contributed by atoms with Gasteiger partial charge in [0.15, 0.2) is 0 Å². The molecule has 134 valence electrons. The molecule has 24 heavy (non-hydrogen) atoms. The van der Waals surface area contributed by atoms with E-state index in [0.717, 1.165) is 31.5 Å². The van der Waals surface area contributed by atoms with Crippen molar-refractivity contribution < 1.29 is 13.2 Å². The zero-order valence-electron chi connectivity index (χ0n) is 14.8. The van der Waals surface area contributed by atoms with Crippen molar-refractivity contribution in [3.05, 3.63) is 29.8 Å². The summed E-state index contributed by atoms with van der Waals surface area (Å²) in [6.45, 7) is 8.73. The van der Waals surface area contributed by atoms with E-state index >= 15 is 0 Å². The highest BCUT2D eigenvalue weighted by Crippen LogP contribution is 2.33.